The molecule has 2 aliphatic rings. The lowest BCUT2D eigenvalue weighted by molar-refractivity contribution is -0.115. The van der Waals surface area contributed by atoms with E-state index >= 15 is 0 Å². The Bertz CT molecular complexity index is 1040. The van der Waals surface area contributed by atoms with Crippen molar-refractivity contribution < 1.29 is 4.79 Å². The second-order valence-electron chi connectivity index (χ2n) is 8.44. The molecule has 0 aromatic heterocycles. The molecule has 2 aromatic rings. The van der Waals surface area contributed by atoms with Crippen LogP contribution in [0.3, 0.4) is 0 Å². The minimum atomic E-state index is -0.0991. The summed E-state index contributed by atoms with van der Waals surface area (Å²) < 4.78 is 1.00. The Morgan fingerprint density at radius 1 is 1.27 bits per heavy atom. The molecule has 1 unspecified atom stereocenters. The Morgan fingerprint density at radius 3 is 2.70 bits per heavy atom. The van der Waals surface area contributed by atoms with Crippen LogP contribution >= 0.6 is 27.7 Å². The van der Waals surface area contributed by atoms with Gasteiger partial charge in [0.25, 0.3) is 5.91 Å². The molecule has 2 aromatic carbocycles. The summed E-state index contributed by atoms with van der Waals surface area (Å²) in [7, 11) is 0. The van der Waals surface area contributed by atoms with Crippen LogP contribution in [0, 0.1) is 0 Å². The molecule has 1 N–H and O–H groups in total. The van der Waals surface area contributed by atoms with E-state index in [1.54, 1.807) is 0 Å². The van der Waals surface area contributed by atoms with Gasteiger partial charge in [-0.1, -0.05) is 28.9 Å². The molecule has 0 radical (unpaired) electrons. The minimum absolute atomic E-state index is 0.0991. The summed E-state index contributed by atoms with van der Waals surface area (Å²) in [5.74, 6) is 0.383. The number of nitrogens with one attached hydrogen (secondary N) is 1. The number of amidine groups is 1. The van der Waals surface area contributed by atoms with Crippen molar-refractivity contribution in [2.24, 2.45) is 4.99 Å². The molecule has 1 fully saturated rings. The average Bonchev–Trinajstić information content (AvgIpc) is 3.02. The van der Waals surface area contributed by atoms with E-state index in [0.717, 1.165) is 28.7 Å². The van der Waals surface area contributed by atoms with Crippen LogP contribution in [0.25, 0.3) is 6.08 Å². The zero-order valence-electron chi connectivity index (χ0n) is 17.7. The third kappa shape index (κ3) is 4.21. The van der Waals surface area contributed by atoms with Gasteiger partial charge in [0.2, 0.25) is 0 Å². The zero-order valence-corrected chi connectivity index (χ0v) is 20.1. The number of fused-ring (bicyclic) bond motifs is 1. The van der Waals surface area contributed by atoms with E-state index in [-0.39, 0.29) is 11.4 Å². The monoisotopic (exact) mass is 483 g/mol. The second kappa shape index (κ2) is 8.23. The number of hydrogen-bond donors (Lipinski definition) is 1. The highest BCUT2D eigenvalue weighted by Gasteiger charge is 2.35. The highest BCUT2D eigenvalue weighted by Crippen LogP contribution is 2.43. The van der Waals surface area contributed by atoms with E-state index in [1.807, 2.05) is 30.3 Å². The molecule has 30 heavy (non-hydrogen) atoms. The van der Waals surface area contributed by atoms with E-state index in [2.05, 4.69) is 77.0 Å². The lowest BCUT2D eigenvalue weighted by Crippen LogP contribution is -2.48. The first-order valence-corrected chi connectivity index (χ1v) is 11.8. The Hall–Kier alpha value is -2.05. The van der Waals surface area contributed by atoms with E-state index in [9.17, 15) is 4.79 Å². The van der Waals surface area contributed by atoms with Crippen molar-refractivity contribution in [3.05, 3.63) is 63.0 Å². The number of carbonyl (C=O) groups excluding carboxylic acids is 1. The van der Waals surface area contributed by atoms with Crippen LogP contribution in [0.15, 0.2) is 56.8 Å². The number of amides is 1. The molecule has 1 saturated heterocycles. The van der Waals surface area contributed by atoms with Crippen LogP contribution in [-0.4, -0.2) is 23.2 Å². The van der Waals surface area contributed by atoms with E-state index in [0.29, 0.717) is 16.0 Å². The van der Waals surface area contributed by atoms with Gasteiger partial charge in [-0.25, -0.2) is 4.99 Å². The van der Waals surface area contributed by atoms with Crippen molar-refractivity contribution >= 4 is 56.2 Å². The smallest absolute Gasteiger partial charge is 0.264 e. The van der Waals surface area contributed by atoms with Crippen molar-refractivity contribution in [1.29, 1.82) is 0 Å². The van der Waals surface area contributed by atoms with E-state index in [4.69, 9.17) is 0 Å². The molecule has 4 rings (SSSR count). The Balaban J connectivity index is 1.60. The number of nitrogens with zero attached hydrogens (tertiary/aromatic N) is 2. The standard InChI is InChI=1S/C24H26BrN3OS/c1-5-28-20-11-6-16(12-19(20)15(2)14-24(28,3)4)13-21-22(29)27-23(30-21)26-18-9-7-17(25)8-10-18/h6-13,15H,5,14H2,1-4H3,(H,26,27,29)/b21-13-. The normalized spacial score (nSPS) is 23.0. The maximum atomic E-state index is 12.5. The third-order valence-corrected chi connectivity index (χ3v) is 7.17. The first kappa shape index (κ1) is 21.2. The van der Waals surface area contributed by atoms with Gasteiger partial charge in [0.05, 0.1) is 10.6 Å². The fourth-order valence-corrected chi connectivity index (χ4v) is 5.57. The van der Waals surface area contributed by atoms with Gasteiger partial charge in [-0.05, 0) is 98.5 Å². The first-order chi connectivity index (χ1) is 14.3. The fourth-order valence-electron chi connectivity index (χ4n) is 4.46. The predicted octanol–water partition coefficient (Wildman–Crippen LogP) is 6.45. The molecule has 1 amide bonds. The van der Waals surface area contributed by atoms with Crippen LogP contribution in [0.4, 0.5) is 11.4 Å². The molecular weight excluding hydrogens is 458 g/mol. The first-order valence-electron chi connectivity index (χ1n) is 10.2. The van der Waals surface area contributed by atoms with Crippen molar-refractivity contribution in [3.8, 4) is 0 Å². The van der Waals surface area contributed by atoms with Crippen LogP contribution in [0.5, 0.6) is 0 Å². The number of halogens is 1. The van der Waals surface area contributed by atoms with Crippen molar-refractivity contribution in [2.45, 2.75) is 45.6 Å². The molecule has 0 aliphatic carbocycles. The number of aliphatic imine (C=N–C) groups is 1. The quantitative estimate of drug-likeness (QED) is 0.509. The summed E-state index contributed by atoms with van der Waals surface area (Å²) in [4.78, 5) is 20.2. The highest BCUT2D eigenvalue weighted by atomic mass is 79.9. The lowest BCUT2D eigenvalue weighted by Gasteiger charge is -2.47. The molecule has 156 valence electrons. The molecule has 0 saturated carbocycles. The highest BCUT2D eigenvalue weighted by molar-refractivity contribution is 9.10. The summed E-state index contributed by atoms with van der Waals surface area (Å²) in [6, 6.07) is 14.3. The molecule has 2 heterocycles. The van der Waals surface area contributed by atoms with Gasteiger partial charge in [-0.3, -0.25) is 4.79 Å². The lowest BCUT2D eigenvalue weighted by atomic mass is 9.79. The van der Waals surface area contributed by atoms with Crippen molar-refractivity contribution in [3.63, 3.8) is 0 Å². The summed E-state index contributed by atoms with van der Waals surface area (Å²) in [5.41, 5.74) is 4.69. The van der Waals surface area contributed by atoms with Crippen molar-refractivity contribution in [2.75, 3.05) is 11.4 Å². The van der Waals surface area contributed by atoms with E-state index < -0.39 is 0 Å². The van der Waals surface area contributed by atoms with Gasteiger partial charge >= 0.3 is 0 Å². The number of carbonyl (C=O) groups is 1. The van der Waals surface area contributed by atoms with Gasteiger partial charge in [-0.2, -0.15) is 0 Å². The molecule has 1 atom stereocenters. The number of thioether (sulfide) groups is 1. The number of benzene rings is 2. The number of hydrogen-bond acceptors (Lipinski definition) is 4. The topological polar surface area (TPSA) is 44.7 Å². The van der Waals surface area contributed by atoms with Crippen molar-refractivity contribution in [1.82, 2.24) is 5.32 Å². The molecule has 2 aliphatic heterocycles. The molecule has 0 bridgehead atoms. The zero-order chi connectivity index (χ0) is 21.5. The molecule has 4 nitrogen and oxygen atoms in total. The van der Waals surface area contributed by atoms with Gasteiger partial charge in [-0.15, -0.1) is 0 Å². The SMILES string of the molecule is CCN1c2ccc(/C=C3\SC(=Nc4ccc(Br)cc4)NC3=O)cc2C(C)CC1(C)C. The van der Waals surface area contributed by atoms with E-state index in [1.165, 1.54) is 23.0 Å². The maximum Gasteiger partial charge on any atom is 0.264 e. The van der Waals surface area contributed by atoms with Gasteiger partial charge < -0.3 is 10.2 Å². The summed E-state index contributed by atoms with van der Waals surface area (Å²) in [6.45, 7) is 10.1. The fraction of sp³-hybridized carbons (Fsp3) is 0.333. The predicted molar refractivity (Wildman–Crippen MR) is 132 cm³/mol. The third-order valence-electron chi connectivity index (χ3n) is 5.73. The van der Waals surface area contributed by atoms with Gasteiger partial charge in [0.15, 0.2) is 5.17 Å². The van der Waals surface area contributed by atoms with Gasteiger partial charge in [0, 0.05) is 22.2 Å². The number of anilines is 1. The Labute approximate surface area is 191 Å². The van der Waals surface area contributed by atoms with Crippen LogP contribution in [0.2, 0.25) is 0 Å². The van der Waals surface area contributed by atoms with Crippen LogP contribution in [-0.2, 0) is 4.79 Å². The molecule has 0 spiro atoms. The minimum Gasteiger partial charge on any atom is -0.366 e. The maximum absolute atomic E-state index is 12.5. The summed E-state index contributed by atoms with van der Waals surface area (Å²) in [6.07, 6.45) is 3.08. The number of rotatable bonds is 3. The summed E-state index contributed by atoms with van der Waals surface area (Å²) in [5, 5.41) is 3.48. The molecular formula is C24H26BrN3OS. The Morgan fingerprint density at radius 2 is 2.00 bits per heavy atom. The second-order valence-corrected chi connectivity index (χ2v) is 10.4. The van der Waals surface area contributed by atoms with Crippen LogP contribution < -0.4 is 10.2 Å². The summed E-state index contributed by atoms with van der Waals surface area (Å²) >= 11 is 4.81. The average molecular weight is 484 g/mol. The Kier molecular flexibility index (Phi) is 5.82. The largest absolute Gasteiger partial charge is 0.366 e. The van der Waals surface area contributed by atoms with Crippen LogP contribution in [0.1, 0.15) is 51.2 Å². The molecule has 6 heteroatoms. The van der Waals surface area contributed by atoms with Gasteiger partial charge in [0.1, 0.15) is 0 Å².